The lowest BCUT2D eigenvalue weighted by molar-refractivity contribution is -0.170. The van der Waals surface area contributed by atoms with E-state index in [0.717, 1.165) is 0 Å². The maximum absolute atomic E-state index is 13.0. The molecular weight excluding hydrogens is 413 g/mol. The van der Waals surface area contributed by atoms with Gasteiger partial charge in [0.05, 0.1) is 17.6 Å². The third-order valence-electron chi connectivity index (χ3n) is 5.54. The van der Waals surface area contributed by atoms with Crippen LogP contribution in [0.5, 0.6) is 0 Å². The number of halogens is 3. The molecule has 4 heterocycles. The van der Waals surface area contributed by atoms with E-state index in [1.165, 1.54) is 11.0 Å². The largest absolute Gasteiger partial charge is 0.393 e. The molecule has 1 unspecified atom stereocenters. The summed E-state index contributed by atoms with van der Waals surface area (Å²) in [6.45, 7) is 0.638. The maximum atomic E-state index is 13.0. The van der Waals surface area contributed by atoms with Crippen molar-refractivity contribution in [2.45, 2.75) is 25.1 Å². The molecule has 2 aliphatic heterocycles. The molecule has 2 atom stereocenters. The highest BCUT2D eigenvalue weighted by molar-refractivity contribution is 6.05. The van der Waals surface area contributed by atoms with Crippen LogP contribution in [0.15, 0.2) is 36.5 Å². The van der Waals surface area contributed by atoms with Gasteiger partial charge in [0.25, 0.3) is 0 Å². The zero-order valence-corrected chi connectivity index (χ0v) is 16.5. The van der Waals surface area contributed by atoms with E-state index in [4.69, 9.17) is 5.73 Å². The number of nitrogens with zero attached hydrogens (tertiary/aromatic N) is 4. The number of carbonyl (C=O) groups excluding carboxylic acids is 2. The fourth-order valence-corrected chi connectivity index (χ4v) is 3.89. The smallest absolute Gasteiger partial charge is 0.366 e. The average Bonchev–Trinajstić information content (AvgIpc) is 3.15. The lowest BCUT2D eigenvalue weighted by Gasteiger charge is -2.35. The van der Waals surface area contributed by atoms with E-state index in [9.17, 15) is 22.8 Å². The number of anilines is 3. The molecule has 8 nitrogen and oxygen atoms in total. The van der Waals surface area contributed by atoms with Crippen LogP contribution >= 0.6 is 0 Å². The molecule has 3 N–H and O–H groups in total. The Morgan fingerprint density at radius 2 is 2.06 bits per heavy atom. The van der Waals surface area contributed by atoms with Crippen molar-refractivity contribution >= 4 is 29.1 Å². The van der Waals surface area contributed by atoms with Crippen molar-refractivity contribution < 1.29 is 22.8 Å². The van der Waals surface area contributed by atoms with Gasteiger partial charge in [-0.3, -0.25) is 15.0 Å². The Balaban J connectivity index is 1.63. The van der Waals surface area contributed by atoms with Crippen LogP contribution in [0.25, 0.3) is 0 Å². The number of nitrogens with one attached hydrogen (secondary N) is 1. The Labute approximate surface area is 176 Å². The second-order valence-electron chi connectivity index (χ2n) is 7.54. The summed E-state index contributed by atoms with van der Waals surface area (Å²) >= 11 is 0. The van der Waals surface area contributed by atoms with E-state index in [1.54, 1.807) is 30.5 Å². The highest BCUT2D eigenvalue weighted by Crippen LogP contribution is 2.39. The highest BCUT2D eigenvalue weighted by Gasteiger charge is 2.42. The topological polar surface area (TPSA) is 104 Å². The number of urea groups is 1. The second kappa shape index (κ2) is 8.14. The maximum Gasteiger partial charge on any atom is 0.393 e. The van der Waals surface area contributed by atoms with Crippen molar-refractivity contribution in [3.05, 3.63) is 42.2 Å². The van der Waals surface area contributed by atoms with Crippen molar-refractivity contribution in [3.63, 3.8) is 0 Å². The predicted octanol–water partition coefficient (Wildman–Crippen LogP) is 2.82. The molecule has 31 heavy (non-hydrogen) atoms. The lowest BCUT2D eigenvalue weighted by Crippen LogP contribution is -2.48. The summed E-state index contributed by atoms with van der Waals surface area (Å²) in [7, 11) is 0. The van der Waals surface area contributed by atoms with Crippen molar-refractivity contribution in [1.82, 2.24) is 9.97 Å². The number of alkyl halides is 3. The summed E-state index contributed by atoms with van der Waals surface area (Å²) in [4.78, 5) is 37.5. The van der Waals surface area contributed by atoms with Crippen LogP contribution in [0.1, 0.15) is 23.3 Å². The molecule has 0 radical (unpaired) electrons. The van der Waals surface area contributed by atoms with Crippen LogP contribution in [-0.2, 0) is 0 Å². The number of nitrogens with two attached hydrogens (primary N) is 1. The Morgan fingerprint density at radius 3 is 2.74 bits per heavy atom. The van der Waals surface area contributed by atoms with Gasteiger partial charge in [0, 0.05) is 32.3 Å². The molecule has 4 rings (SSSR count). The molecular formula is C20H21F3N6O2. The van der Waals surface area contributed by atoms with Crippen LogP contribution in [0.4, 0.5) is 35.3 Å². The third-order valence-corrected chi connectivity index (χ3v) is 5.54. The number of rotatable bonds is 5. The first-order valence-corrected chi connectivity index (χ1v) is 9.85. The van der Waals surface area contributed by atoms with Crippen LogP contribution in [0.2, 0.25) is 0 Å². The number of fused-ring (bicyclic) bond motifs is 4. The van der Waals surface area contributed by atoms with Crippen LogP contribution in [0, 0.1) is 5.92 Å². The fraction of sp³-hybridized carbons (Fsp3) is 0.400. The van der Waals surface area contributed by atoms with Crippen LogP contribution in [-0.4, -0.2) is 53.6 Å². The number of aromatic nitrogens is 2. The molecule has 2 aliphatic rings. The molecule has 0 saturated carbocycles. The average molecular weight is 434 g/mol. The number of hydrogen-bond acceptors (Lipinski definition) is 6. The summed E-state index contributed by atoms with van der Waals surface area (Å²) in [5, 5.41) is 2.71. The summed E-state index contributed by atoms with van der Waals surface area (Å²) in [6, 6.07) is 7.49. The van der Waals surface area contributed by atoms with Gasteiger partial charge in [-0.05, 0) is 30.7 Å². The molecule has 2 amide bonds. The molecule has 1 saturated heterocycles. The molecule has 2 aromatic rings. The number of ketones is 1. The molecule has 2 aromatic heterocycles. The van der Waals surface area contributed by atoms with Gasteiger partial charge in [-0.1, -0.05) is 6.07 Å². The van der Waals surface area contributed by atoms with E-state index in [1.807, 2.05) is 4.90 Å². The van der Waals surface area contributed by atoms with Gasteiger partial charge in [0.1, 0.15) is 11.5 Å². The van der Waals surface area contributed by atoms with E-state index in [0.29, 0.717) is 31.0 Å². The highest BCUT2D eigenvalue weighted by atomic mass is 19.4. The Kier molecular flexibility index (Phi) is 5.52. The standard InChI is InChI=1S/C20H21F3N6O2/c21-20(22,23)12(10-24)9-16(30)14-4-5-15-18(26-14)29(13-6-8-28(15)11-13)19(31)27-17-3-1-2-7-25-17/h1-5,7,12-13H,6,8-11,24H2,(H,25,27,31)/t12?,13-/m0/s1. The Hall–Kier alpha value is -3.21. The van der Waals surface area contributed by atoms with E-state index >= 15 is 0 Å². The molecule has 2 bridgehead atoms. The quantitative estimate of drug-likeness (QED) is 0.702. The molecule has 0 spiro atoms. The molecule has 0 aliphatic carbocycles. The first kappa shape index (κ1) is 21.0. The number of hydrogen-bond donors (Lipinski definition) is 2. The summed E-state index contributed by atoms with van der Waals surface area (Å²) < 4.78 is 39.1. The second-order valence-corrected chi connectivity index (χ2v) is 7.54. The van der Waals surface area contributed by atoms with Gasteiger partial charge < -0.3 is 10.6 Å². The number of Topliss-reactive ketones (excluding diaryl/α,β-unsaturated/α-hetero) is 1. The van der Waals surface area contributed by atoms with Crippen molar-refractivity contribution in [2.24, 2.45) is 11.7 Å². The Morgan fingerprint density at radius 1 is 1.26 bits per heavy atom. The van der Waals surface area contributed by atoms with Gasteiger partial charge in [-0.15, -0.1) is 0 Å². The lowest BCUT2D eigenvalue weighted by atomic mass is 10.00. The minimum absolute atomic E-state index is 0.125. The van der Waals surface area contributed by atoms with Crippen LogP contribution in [0.3, 0.4) is 0 Å². The minimum Gasteiger partial charge on any atom is -0.366 e. The van der Waals surface area contributed by atoms with Gasteiger partial charge in [0.2, 0.25) is 0 Å². The number of amides is 2. The predicted molar refractivity (Wildman–Crippen MR) is 108 cm³/mol. The Bertz CT molecular complexity index is 985. The first-order chi connectivity index (χ1) is 14.8. The summed E-state index contributed by atoms with van der Waals surface area (Å²) in [5.74, 6) is -2.10. The van der Waals surface area contributed by atoms with Crippen LogP contribution < -0.4 is 20.9 Å². The summed E-state index contributed by atoms with van der Waals surface area (Å²) in [6.07, 6.45) is -3.11. The van der Waals surface area contributed by atoms with Crippen molar-refractivity contribution in [1.29, 1.82) is 0 Å². The normalized spacial score (nSPS) is 18.5. The van der Waals surface area contributed by atoms with Gasteiger partial charge in [0.15, 0.2) is 11.6 Å². The molecule has 164 valence electrons. The van der Waals surface area contributed by atoms with Crippen molar-refractivity contribution in [2.75, 3.05) is 34.8 Å². The third kappa shape index (κ3) is 4.18. The fourth-order valence-electron chi connectivity index (χ4n) is 3.89. The minimum atomic E-state index is -4.57. The molecule has 0 aromatic carbocycles. The zero-order chi connectivity index (χ0) is 22.2. The van der Waals surface area contributed by atoms with E-state index in [2.05, 4.69) is 15.3 Å². The van der Waals surface area contributed by atoms with Gasteiger partial charge in [-0.2, -0.15) is 13.2 Å². The number of pyridine rings is 2. The van der Waals surface area contributed by atoms with Crippen molar-refractivity contribution in [3.8, 4) is 0 Å². The first-order valence-electron chi connectivity index (χ1n) is 9.85. The summed E-state index contributed by atoms with van der Waals surface area (Å²) in [5.41, 5.74) is 5.74. The van der Waals surface area contributed by atoms with E-state index < -0.39 is 36.9 Å². The monoisotopic (exact) mass is 434 g/mol. The SMILES string of the molecule is NCC(CC(=O)c1ccc2c(n1)N(C(=O)Nc1ccccn1)[C@H]1CCN2C1)C(F)(F)F. The number of carbonyl (C=O) groups is 2. The molecule has 11 heteroatoms. The van der Waals surface area contributed by atoms with Gasteiger partial charge >= 0.3 is 12.2 Å². The van der Waals surface area contributed by atoms with Gasteiger partial charge in [-0.25, -0.2) is 14.8 Å². The zero-order valence-electron chi connectivity index (χ0n) is 16.5. The molecule has 1 fully saturated rings. The van der Waals surface area contributed by atoms with E-state index in [-0.39, 0.29) is 17.6 Å².